The Morgan fingerprint density at radius 1 is 1.38 bits per heavy atom. The number of hydrogen-bond donors (Lipinski definition) is 1. The summed E-state index contributed by atoms with van der Waals surface area (Å²) in [5.41, 5.74) is 5.59. The molecule has 0 amide bonds. The van der Waals surface area contributed by atoms with Crippen molar-refractivity contribution in [3.8, 4) is 0 Å². The summed E-state index contributed by atoms with van der Waals surface area (Å²) in [6, 6.07) is 2.36. The molecule has 2 N–H and O–H groups in total. The number of anilines is 2. The molecule has 88 valence electrons. The molecule has 1 fully saturated rings. The van der Waals surface area contributed by atoms with Gasteiger partial charge in [-0.3, -0.25) is 0 Å². The van der Waals surface area contributed by atoms with Gasteiger partial charge in [0.15, 0.2) is 11.6 Å². The normalized spacial score (nSPS) is 20.4. The maximum absolute atomic E-state index is 13.6. The Hall–Kier alpha value is -1.32. The number of nitrogens with zero attached hydrogens (tertiary/aromatic N) is 1. The fraction of sp³-hybridized carbons (Fsp3) is 0.500. The third-order valence-corrected chi connectivity index (χ3v) is 3.22. The Bertz CT molecular complexity index is 370. The summed E-state index contributed by atoms with van der Waals surface area (Å²) in [5, 5.41) is 0. The van der Waals surface area contributed by atoms with E-state index in [1.807, 2.05) is 0 Å². The highest BCUT2D eigenvalue weighted by molar-refractivity contribution is 5.56. The fourth-order valence-electron chi connectivity index (χ4n) is 2.26. The van der Waals surface area contributed by atoms with E-state index in [0.29, 0.717) is 5.92 Å². The SMILES string of the molecule is CCC1CCN(c2c(F)cc(N)cc2F)C1. The standard InChI is InChI=1S/C12H16F2N2/c1-2-8-3-4-16(7-8)12-10(13)5-9(15)6-11(12)14/h5-6,8H,2-4,7,15H2,1H3. The number of hydrogen-bond acceptors (Lipinski definition) is 2. The molecule has 1 unspecified atom stereocenters. The molecule has 16 heavy (non-hydrogen) atoms. The minimum Gasteiger partial charge on any atom is -0.399 e. The van der Waals surface area contributed by atoms with Crippen molar-refractivity contribution in [2.45, 2.75) is 19.8 Å². The first-order valence-electron chi connectivity index (χ1n) is 5.61. The van der Waals surface area contributed by atoms with E-state index in [1.165, 1.54) is 12.1 Å². The molecule has 0 spiro atoms. The number of nitrogens with two attached hydrogens (primary N) is 1. The second kappa shape index (κ2) is 4.28. The van der Waals surface area contributed by atoms with Crippen LogP contribution in [0.3, 0.4) is 0 Å². The number of benzene rings is 1. The number of nitrogen functional groups attached to an aromatic ring is 1. The largest absolute Gasteiger partial charge is 0.399 e. The van der Waals surface area contributed by atoms with Crippen LogP contribution in [0.1, 0.15) is 19.8 Å². The molecule has 1 saturated heterocycles. The summed E-state index contributed by atoms with van der Waals surface area (Å²) in [5.74, 6) is -0.583. The van der Waals surface area contributed by atoms with Crippen molar-refractivity contribution < 1.29 is 8.78 Å². The van der Waals surface area contributed by atoms with Crippen molar-refractivity contribution in [2.75, 3.05) is 23.7 Å². The second-order valence-corrected chi connectivity index (χ2v) is 4.34. The topological polar surface area (TPSA) is 29.3 Å². The van der Waals surface area contributed by atoms with E-state index in [-0.39, 0.29) is 11.4 Å². The van der Waals surface area contributed by atoms with Gasteiger partial charge >= 0.3 is 0 Å². The Labute approximate surface area is 94.0 Å². The van der Waals surface area contributed by atoms with Gasteiger partial charge in [0, 0.05) is 18.8 Å². The molecule has 2 nitrogen and oxygen atoms in total. The van der Waals surface area contributed by atoms with Crippen molar-refractivity contribution in [1.82, 2.24) is 0 Å². The molecule has 0 radical (unpaired) electrons. The maximum atomic E-state index is 13.6. The van der Waals surface area contributed by atoms with E-state index in [4.69, 9.17) is 5.73 Å². The first-order chi connectivity index (χ1) is 7.61. The lowest BCUT2D eigenvalue weighted by atomic mass is 10.1. The van der Waals surface area contributed by atoms with Crippen LogP contribution < -0.4 is 10.6 Å². The quantitative estimate of drug-likeness (QED) is 0.786. The van der Waals surface area contributed by atoms with Crippen LogP contribution in [0.4, 0.5) is 20.2 Å². The van der Waals surface area contributed by atoms with Crippen LogP contribution >= 0.6 is 0 Å². The zero-order valence-corrected chi connectivity index (χ0v) is 9.34. The van der Waals surface area contributed by atoms with Crippen LogP contribution in [0, 0.1) is 17.6 Å². The van der Waals surface area contributed by atoms with Gasteiger partial charge in [0.05, 0.1) is 0 Å². The number of halogens is 2. The highest BCUT2D eigenvalue weighted by atomic mass is 19.1. The van der Waals surface area contributed by atoms with Crippen molar-refractivity contribution in [3.63, 3.8) is 0 Å². The summed E-state index contributed by atoms with van der Waals surface area (Å²) in [4.78, 5) is 1.78. The second-order valence-electron chi connectivity index (χ2n) is 4.34. The molecule has 4 heteroatoms. The Morgan fingerprint density at radius 2 is 2.00 bits per heavy atom. The zero-order chi connectivity index (χ0) is 11.7. The Balaban J connectivity index is 2.28. The molecular formula is C12H16F2N2. The van der Waals surface area contributed by atoms with Gasteiger partial charge in [-0.05, 0) is 24.5 Å². The van der Waals surface area contributed by atoms with Gasteiger partial charge in [0.2, 0.25) is 0 Å². The van der Waals surface area contributed by atoms with E-state index in [0.717, 1.165) is 25.9 Å². The molecular weight excluding hydrogens is 210 g/mol. The summed E-state index contributed by atoms with van der Waals surface area (Å²) in [6.45, 7) is 3.55. The van der Waals surface area contributed by atoms with Crippen LogP contribution in [-0.2, 0) is 0 Å². The monoisotopic (exact) mass is 226 g/mol. The first-order valence-corrected chi connectivity index (χ1v) is 5.61. The van der Waals surface area contributed by atoms with Gasteiger partial charge in [-0.1, -0.05) is 13.3 Å². The van der Waals surface area contributed by atoms with E-state index >= 15 is 0 Å². The lowest BCUT2D eigenvalue weighted by molar-refractivity contribution is 0.558. The van der Waals surface area contributed by atoms with E-state index in [2.05, 4.69) is 6.92 Å². The van der Waals surface area contributed by atoms with Crippen molar-refractivity contribution in [1.29, 1.82) is 0 Å². The van der Waals surface area contributed by atoms with Gasteiger partial charge in [-0.2, -0.15) is 0 Å². The Kier molecular flexibility index (Phi) is 2.99. The summed E-state index contributed by atoms with van der Waals surface area (Å²) >= 11 is 0. The third-order valence-electron chi connectivity index (χ3n) is 3.22. The van der Waals surface area contributed by atoms with Gasteiger partial charge in [0.25, 0.3) is 0 Å². The van der Waals surface area contributed by atoms with E-state index in [9.17, 15) is 8.78 Å². The molecule has 1 aliphatic rings. The predicted molar refractivity (Wildman–Crippen MR) is 61.4 cm³/mol. The highest BCUT2D eigenvalue weighted by Crippen LogP contribution is 2.31. The van der Waals surface area contributed by atoms with Crippen LogP contribution in [0.25, 0.3) is 0 Å². The molecule has 1 aliphatic heterocycles. The molecule has 1 aromatic carbocycles. The minimum absolute atomic E-state index is 0.0742. The molecule has 0 bridgehead atoms. The molecule has 2 rings (SSSR count). The van der Waals surface area contributed by atoms with Crippen LogP contribution in [0.5, 0.6) is 0 Å². The molecule has 0 aliphatic carbocycles. The maximum Gasteiger partial charge on any atom is 0.151 e. The Morgan fingerprint density at radius 3 is 2.50 bits per heavy atom. The zero-order valence-electron chi connectivity index (χ0n) is 9.34. The van der Waals surface area contributed by atoms with Crippen LogP contribution in [0.15, 0.2) is 12.1 Å². The van der Waals surface area contributed by atoms with Crippen molar-refractivity contribution in [2.24, 2.45) is 5.92 Å². The highest BCUT2D eigenvalue weighted by Gasteiger charge is 2.25. The number of rotatable bonds is 2. The average Bonchev–Trinajstić information content (AvgIpc) is 2.64. The smallest absolute Gasteiger partial charge is 0.151 e. The molecule has 1 aromatic rings. The van der Waals surface area contributed by atoms with Crippen LogP contribution in [-0.4, -0.2) is 13.1 Å². The van der Waals surface area contributed by atoms with E-state index in [1.54, 1.807) is 4.90 Å². The van der Waals surface area contributed by atoms with Gasteiger partial charge in [-0.25, -0.2) is 8.78 Å². The minimum atomic E-state index is -0.561. The summed E-state index contributed by atoms with van der Waals surface area (Å²) in [6.07, 6.45) is 2.05. The lowest BCUT2D eigenvalue weighted by Crippen LogP contribution is -2.22. The predicted octanol–water partition coefficient (Wildman–Crippen LogP) is 2.78. The average molecular weight is 226 g/mol. The van der Waals surface area contributed by atoms with E-state index < -0.39 is 11.6 Å². The van der Waals surface area contributed by atoms with Crippen molar-refractivity contribution >= 4 is 11.4 Å². The molecule has 0 aromatic heterocycles. The fourth-order valence-corrected chi connectivity index (χ4v) is 2.26. The lowest BCUT2D eigenvalue weighted by Gasteiger charge is -2.20. The first kappa shape index (κ1) is 11.2. The van der Waals surface area contributed by atoms with Gasteiger partial charge < -0.3 is 10.6 Å². The van der Waals surface area contributed by atoms with Gasteiger partial charge in [-0.15, -0.1) is 0 Å². The van der Waals surface area contributed by atoms with Crippen LogP contribution in [0.2, 0.25) is 0 Å². The van der Waals surface area contributed by atoms with Gasteiger partial charge in [0.1, 0.15) is 5.69 Å². The van der Waals surface area contributed by atoms with Crippen molar-refractivity contribution in [3.05, 3.63) is 23.8 Å². The summed E-state index contributed by atoms with van der Waals surface area (Å²) < 4.78 is 27.3. The summed E-state index contributed by atoms with van der Waals surface area (Å²) in [7, 11) is 0. The third kappa shape index (κ3) is 1.96. The molecule has 1 atom stereocenters. The molecule has 1 heterocycles. The molecule has 0 saturated carbocycles.